The minimum Gasteiger partial charge on any atom is -0.289 e. The van der Waals surface area contributed by atoms with Gasteiger partial charge in [0.25, 0.3) is 0 Å². The summed E-state index contributed by atoms with van der Waals surface area (Å²) in [5.41, 5.74) is -4.27. The van der Waals surface area contributed by atoms with Crippen molar-refractivity contribution in [2.75, 3.05) is 0 Å². The van der Waals surface area contributed by atoms with E-state index in [4.69, 9.17) is 0 Å². The average Bonchev–Trinajstić information content (AvgIpc) is 3.47. The third-order valence-electron chi connectivity index (χ3n) is 8.11. The van der Waals surface area contributed by atoms with Gasteiger partial charge in [0.15, 0.2) is 5.78 Å². The van der Waals surface area contributed by atoms with Crippen molar-refractivity contribution in [3.63, 3.8) is 0 Å². The predicted octanol–water partition coefficient (Wildman–Crippen LogP) is 20.4. The lowest BCUT2D eigenvalue weighted by Gasteiger charge is -2.38. The summed E-state index contributed by atoms with van der Waals surface area (Å²) in [5, 5.41) is 0. The zero-order valence-corrected chi connectivity index (χ0v) is 46.5. The molecule has 0 atom stereocenters. The van der Waals surface area contributed by atoms with Crippen LogP contribution in [0, 0.1) is 0 Å². The Morgan fingerprint density at radius 1 is 0.292 bits per heavy atom. The van der Waals surface area contributed by atoms with E-state index in [9.17, 15) is 39.6 Å². The molecule has 0 aliphatic heterocycles. The van der Waals surface area contributed by atoms with Crippen LogP contribution < -0.4 is 0 Å². The molecule has 0 amide bonds. The van der Waals surface area contributed by atoms with Gasteiger partial charge in [-0.05, 0) is 35.4 Å². The summed E-state index contributed by atoms with van der Waals surface area (Å²) < 4.78 is 105. The number of hydrogen-bond donors (Lipinski definition) is 0. The average molecular weight is 1020 g/mol. The van der Waals surface area contributed by atoms with Gasteiger partial charge in [0, 0.05) is 11.1 Å². The Kier molecular flexibility index (Phi) is 48.8. The molecule has 0 unspecified atom stereocenters. The second-order valence-corrected chi connectivity index (χ2v) is 13.8. The van der Waals surface area contributed by atoms with Gasteiger partial charge in [-0.3, -0.25) is 4.79 Å². The van der Waals surface area contributed by atoms with E-state index in [1.54, 1.807) is 60.7 Å². The molecule has 0 saturated heterocycles. The Bertz CT molecular complexity index is 2110. The summed E-state index contributed by atoms with van der Waals surface area (Å²) >= 11 is 0. The van der Waals surface area contributed by atoms with E-state index in [1.807, 2.05) is 208 Å². The van der Waals surface area contributed by atoms with E-state index >= 15 is 0 Å². The molecular formula is C62H84F6O3S. The number of sulfone groups is 1. The highest BCUT2D eigenvalue weighted by Crippen LogP contribution is 2.56. The van der Waals surface area contributed by atoms with Crippen LogP contribution in [-0.2, 0) is 15.3 Å². The van der Waals surface area contributed by atoms with Crippen LogP contribution in [0.5, 0.6) is 0 Å². The molecular weight excluding hydrogens is 939 g/mol. The van der Waals surface area contributed by atoms with Gasteiger partial charge in [-0.25, -0.2) is 8.42 Å². The summed E-state index contributed by atoms with van der Waals surface area (Å²) in [6, 6.07) is 58.2. The van der Waals surface area contributed by atoms with Gasteiger partial charge in [-0.2, -0.15) is 26.3 Å². The Morgan fingerprint density at radius 3 is 0.653 bits per heavy atom. The molecule has 0 bridgehead atoms. The molecule has 0 spiro atoms. The quantitative estimate of drug-likeness (QED) is 0.123. The summed E-state index contributed by atoms with van der Waals surface area (Å²) in [6.45, 7) is 32.0. The van der Waals surface area contributed by atoms with Crippen molar-refractivity contribution in [1.82, 2.24) is 0 Å². The van der Waals surface area contributed by atoms with Crippen LogP contribution in [0.2, 0.25) is 0 Å². The summed E-state index contributed by atoms with van der Waals surface area (Å²) in [4.78, 5) is 12.5. The van der Waals surface area contributed by atoms with Crippen molar-refractivity contribution in [2.45, 2.75) is 138 Å². The van der Waals surface area contributed by atoms with Gasteiger partial charge < -0.3 is 0 Å². The van der Waals surface area contributed by atoms with Crippen molar-refractivity contribution in [3.05, 3.63) is 241 Å². The maximum Gasteiger partial charge on any atom is 0.411 e. The standard InChI is InChI=1S/C15H10F6.C13H10O.C12H10O2S.C6H6.8C2H6/c16-14(17,18)13(15(19,20)21,11-7-3-1-4-8-11)12-9-5-2-6-10-12;14-13(11-7-3-1-4-8-11)12-9-5-2-6-10-12;13-15(14,11-7-3-1-4-8-11)12-9-5-2-6-10-12;1-2-4-6-5-3-1;8*1-2/h1-10H;1-10H;1-10H;1-6H;8*1-2H3. The maximum atomic E-state index is 13.5. The molecule has 10 heteroatoms. The van der Waals surface area contributed by atoms with Crippen LogP contribution in [0.3, 0.4) is 0 Å². The van der Waals surface area contributed by atoms with E-state index in [0.717, 1.165) is 59.7 Å². The monoisotopic (exact) mass is 1020 g/mol. The van der Waals surface area contributed by atoms with E-state index < -0.39 is 38.7 Å². The van der Waals surface area contributed by atoms with E-state index in [-0.39, 0.29) is 5.78 Å². The molecule has 7 rings (SSSR count). The SMILES string of the molecule is CC.CC.CC.CC.CC.CC.CC.CC.FC(F)(F)C(c1ccccc1)(c1ccccc1)C(F)(F)F.O=C(c1ccccc1)c1ccccc1.O=S(=O)(c1ccccc1)c1ccccc1.c1ccccc1. The smallest absolute Gasteiger partial charge is 0.289 e. The Morgan fingerprint density at radius 2 is 0.458 bits per heavy atom. The summed E-state index contributed by atoms with van der Waals surface area (Å²) in [6.07, 6.45) is -11.0. The largest absolute Gasteiger partial charge is 0.411 e. The van der Waals surface area contributed by atoms with Gasteiger partial charge >= 0.3 is 12.4 Å². The molecule has 7 aromatic carbocycles. The molecule has 0 saturated carbocycles. The first-order valence-corrected chi connectivity index (χ1v) is 26.5. The molecule has 0 N–H and O–H groups in total. The normalized spacial score (nSPS) is 9.42. The van der Waals surface area contributed by atoms with Crippen LogP contribution >= 0.6 is 0 Å². The van der Waals surface area contributed by atoms with E-state index in [2.05, 4.69) is 0 Å². The van der Waals surface area contributed by atoms with Crippen LogP contribution in [-0.4, -0.2) is 26.6 Å². The van der Waals surface area contributed by atoms with Crippen molar-refractivity contribution >= 4 is 15.6 Å². The number of hydrogen-bond acceptors (Lipinski definition) is 3. The van der Waals surface area contributed by atoms with Crippen LogP contribution in [0.4, 0.5) is 26.3 Å². The Labute approximate surface area is 432 Å². The second kappa shape index (κ2) is 47.1. The number of alkyl halides is 6. The highest BCUT2D eigenvalue weighted by Gasteiger charge is 2.72. The number of halogens is 6. The first kappa shape index (κ1) is 74.7. The molecule has 0 heterocycles. The number of benzene rings is 7. The van der Waals surface area contributed by atoms with Crippen LogP contribution in [0.15, 0.2) is 228 Å². The molecule has 3 nitrogen and oxygen atoms in total. The molecule has 398 valence electrons. The van der Waals surface area contributed by atoms with Gasteiger partial charge in [-0.1, -0.05) is 305 Å². The molecule has 0 aromatic heterocycles. The zero-order valence-electron chi connectivity index (χ0n) is 45.7. The van der Waals surface area contributed by atoms with Crippen molar-refractivity contribution in [3.8, 4) is 0 Å². The molecule has 7 aromatic rings. The molecule has 0 fully saturated rings. The lowest BCUT2D eigenvalue weighted by Crippen LogP contribution is -2.54. The van der Waals surface area contributed by atoms with E-state index in [0.29, 0.717) is 9.79 Å². The van der Waals surface area contributed by atoms with Crippen molar-refractivity contribution in [1.29, 1.82) is 0 Å². The number of carbonyl (C=O) groups excluding carboxylic acids is 1. The zero-order chi connectivity index (χ0) is 56.5. The number of carbonyl (C=O) groups is 1. The summed E-state index contributed by atoms with van der Waals surface area (Å²) in [7, 11) is -3.34. The second-order valence-electron chi connectivity index (χ2n) is 11.8. The Balaban J connectivity index is -0.000000263. The molecule has 0 radical (unpaired) electrons. The highest BCUT2D eigenvalue weighted by molar-refractivity contribution is 7.91. The van der Waals surface area contributed by atoms with Gasteiger partial charge in [-0.15, -0.1) is 0 Å². The minimum absolute atomic E-state index is 0.0752. The third kappa shape index (κ3) is 26.3. The molecule has 0 aliphatic rings. The fourth-order valence-corrected chi connectivity index (χ4v) is 6.73. The number of ketones is 1. The molecule has 0 aliphatic carbocycles. The topological polar surface area (TPSA) is 51.2 Å². The maximum absolute atomic E-state index is 13.5. The van der Waals surface area contributed by atoms with Gasteiger partial charge in [0.2, 0.25) is 15.3 Å². The van der Waals surface area contributed by atoms with Gasteiger partial charge in [0.05, 0.1) is 9.79 Å². The van der Waals surface area contributed by atoms with Crippen LogP contribution in [0.25, 0.3) is 0 Å². The Hall–Kier alpha value is -6.26. The first-order chi connectivity index (χ1) is 34.8. The highest BCUT2D eigenvalue weighted by atomic mass is 32.2. The summed E-state index contributed by atoms with van der Waals surface area (Å²) in [5.74, 6) is 0.0752. The minimum atomic E-state index is -5.52. The van der Waals surface area contributed by atoms with E-state index in [1.165, 1.54) is 12.1 Å². The lowest BCUT2D eigenvalue weighted by molar-refractivity contribution is -0.288. The molecule has 72 heavy (non-hydrogen) atoms. The third-order valence-corrected chi connectivity index (χ3v) is 9.90. The predicted molar refractivity (Wildman–Crippen MR) is 298 cm³/mol. The van der Waals surface area contributed by atoms with Crippen LogP contribution in [0.1, 0.15) is 138 Å². The lowest BCUT2D eigenvalue weighted by atomic mass is 9.73. The first-order valence-electron chi connectivity index (χ1n) is 25.0. The van der Waals surface area contributed by atoms with Crippen molar-refractivity contribution in [2.24, 2.45) is 0 Å². The van der Waals surface area contributed by atoms with Gasteiger partial charge in [0.1, 0.15) is 0 Å². The fourth-order valence-electron chi connectivity index (χ4n) is 5.42. The number of rotatable bonds is 6. The van der Waals surface area contributed by atoms with Crippen molar-refractivity contribution < 1.29 is 39.6 Å². The fraction of sp³-hybridized carbons (Fsp3) is 0.306.